The summed E-state index contributed by atoms with van der Waals surface area (Å²) < 4.78 is 82.3. The van der Waals surface area contributed by atoms with Crippen molar-refractivity contribution in [1.29, 1.82) is 0 Å². The molecule has 9 rings (SSSR count). The average Bonchev–Trinajstić information content (AvgIpc) is 3.75. The van der Waals surface area contributed by atoms with Crippen LogP contribution in [0.4, 0.5) is 0 Å². The molecule has 9 aromatic rings. The monoisotopic (exact) mass is 684 g/mol. The minimum atomic E-state index is -0.541. The van der Waals surface area contributed by atoms with E-state index < -0.39 is 30.2 Å². The van der Waals surface area contributed by atoms with Gasteiger partial charge in [0.25, 0.3) is 0 Å². The zero-order valence-corrected chi connectivity index (χ0v) is 29.8. The third-order valence-corrected chi connectivity index (χ3v) is 9.74. The summed E-state index contributed by atoms with van der Waals surface area (Å²) in [6.07, 6.45) is 0. The minimum absolute atomic E-state index is 0.113. The molecule has 3 heterocycles. The van der Waals surface area contributed by atoms with E-state index in [0.717, 1.165) is 32.9 Å². The maximum Gasteiger partial charge on any atom is 0.238 e. The molecule has 0 amide bonds. The van der Waals surface area contributed by atoms with E-state index in [2.05, 4.69) is 65.8 Å². The van der Waals surface area contributed by atoms with Gasteiger partial charge in [-0.15, -0.1) is 0 Å². The van der Waals surface area contributed by atoms with Crippen LogP contribution in [0.2, 0.25) is 0 Å². The van der Waals surface area contributed by atoms with E-state index >= 15 is 0 Å². The van der Waals surface area contributed by atoms with Gasteiger partial charge in [-0.25, -0.2) is 4.98 Å². The van der Waals surface area contributed by atoms with Crippen molar-refractivity contribution in [2.75, 3.05) is 0 Å². The Morgan fingerprint density at radius 1 is 0.481 bits per heavy atom. The molecule has 0 fully saturated rings. The van der Waals surface area contributed by atoms with Gasteiger partial charge in [0.2, 0.25) is 5.95 Å². The lowest BCUT2D eigenvalue weighted by atomic mass is 9.85. The van der Waals surface area contributed by atoms with Gasteiger partial charge in [0.15, 0.2) is 11.6 Å². The molecule has 6 aromatic carbocycles. The highest BCUT2D eigenvalue weighted by atomic mass is 15.2. The van der Waals surface area contributed by atoms with Crippen molar-refractivity contribution in [2.45, 2.75) is 52.4 Å². The van der Waals surface area contributed by atoms with Gasteiger partial charge in [-0.2, -0.15) is 9.97 Å². The van der Waals surface area contributed by atoms with Gasteiger partial charge in [-0.1, -0.05) is 132 Å². The Balaban J connectivity index is 1.42. The predicted octanol–water partition coefficient (Wildman–Crippen LogP) is 12.0. The fourth-order valence-corrected chi connectivity index (χ4v) is 7.01. The molecule has 254 valence electrons. The van der Waals surface area contributed by atoms with Gasteiger partial charge < -0.3 is 4.57 Å². The first-order chi connectivity index (χ1) is 28.8. The lowest BCUT2D eigenvalue weighted by molar-refractivity contribution is 0.590. The third kappa shape index (κ3) is 5.19. The number of benzene rings is 6. The molecule has 0 radical (unpaired) electrons. The molecular weight excluding hydrogens is 635 g/mol. The zero-order valence-electron chi connectivity index (χ0n) is 38.8. The second kappa shape index (κ2) is 11.7. The fraction of sp³-hybridized carbons (Fsp3) is 0.170. The van der Waals surface area contributed by atoms with Gasteiger partial charge in [-0.05, 0) is 70.5 Å². The largest absolute Gasteiger partial charge is 0.309 e. The molecule has 52 heavy (non-hydrogen) atoms. The van der Waals surface area contributed by atoms with Crippen LogP contribution in [0.5, 0.6) is 0 Å². The lowest BCUT2D eigenvalue weighted by Gasteiger charge is -2.19. The summed E-state index contributed by atoms with van der Waals surface area (Å²) >= 11 is 0. The Morgan fingerprint density at radius 3 is 1.75 bits per heavy atom. The Bertz CT molecular complexity index is 3240. The number of aromatic nitrogens is 5. The highest BCUT2D eigenvalue weighted by molar-refractivity contribution is 6.10. The smallest absolute Gasteiger partial charge is 0.238 e. The highest BCUT2D eigenvalue weighted by Gasteiger charge is 2.24. The van der Waals surface area contributed by atoms with Crippen LogP contribution in [0, 0.1) is 0 Å². The first-order valence-electron chi connectivity index (χ1n) is 21.8. The van der Waals surface area contributed by atoms with Crippen molar-refractivity contribution in [2.24, 2.45) is 0 Å². The molecule has 0 spiro atoms. The van der Waals surface area contributed by atoms with Gasteiger partial charge >= 0.3 is 0 Å². The standard InChI is InChI=1S/C47H41N5/c1-46(2,3)31-24-26-41-36(28-31)37-29-32(47(4,5)6)25-27-42(37)52(41)45-49-43(30-16-8-7-9-17-30)48-44(50-45)35-20-12-15-23-40(35)51-38-21-13-10-18-33(38)34-19-11-14-22-39(34)51/h7-29H,1-6H3/i7D,8D,9D,10D,13D,16D,17D,18D,21D. The first kappa shape index (κ1) is 23.4. The van der Waals surface area contributed by atoms with Crippen molar-refractivity contribution >= 4 is 43.6 Å². The van der Waals surface area contributed by atoms with E-state index in [-0.39, 0.29) is 63.7 Å². The minimum Gasteiger partial charge on any atom is -0.309 e. The summed E-state index contributed by atoms with van der Waals surface area (Å²) in [4.78, 5) is 15.0. The van der Waals surface area contributed by atoms with Crippen LogP contribution in [0.15, 0.2) is 139 Å². The number of hydrogen-bond acceptors (Lipinski definition) is 3. The number of para-hydroxylation sites is 3. The molecule has 0 saturated carbocycles. The molecule has 0 bridgehead atoms. The van der Waals surface area contributed by atoms with Crippen LogP contribution in [0.3, 0.4) is 0 Å². The van der Waals surface area contributed by atoms with Gasteiger partial charge in [0.1, 0.15) is 0 Å². The molecule has 0 atom stereocenters. The molecule has 0 aliphatic rings. The SMILES string of the molecule is [2H]c1c([2H])c([2H])c(-c2nc(-c3ccccc3-n3c4ccccc4c4c([2H])c([2H])c([2H])c([2H])c43)nc(-n3c4ccc(C(C)(C)C)cc4c4cc(C(C)(C)C)ccc43)n2)c([2H])c1[2H]. The highest BCUT2D eigenvalue weighted by Crippen LogP contribution is 2.39. The molecule has 5 heteroatoms. The van der Waals surface area contributed by atoms with Crippen LogP contribution in [0.1, 0.15) is 65.0 Å². The summed E-state index contributed by atoms with van der Waals surface area (Å²) in [7, 11) is 0. The maximum absolute atomic E-state index is 9.11. The second-order valence-corrected chi connectivity index (χ2v) is 15.2. The second-order valence-electron chi connectivity index (χ2n) is 15.2. The van der Waals surface area contributed by atoms with Crippen molar-refractivity contribution < 1.29 is 12.3 Å². The van der Waals surface area contributed by atoms with E-state index in [1.54, 1.807) is 16.7 Å². The molecule has 3 aromatic heterocycles. The number of fused-ring (bicyclic) bond motifs is 6. The number of rotatable bonds is 4. The molecule has 0 N–H and O–H groups in total. The topological polar surface area (TPSA) is 48.5 Å². The Labute approximate surface area is 316 Å². The van der Waals surface area contributed by atoms with E-state index in [4.69, 9.17) is 27.3 Å². The van der Waals surface area contributed by atoms with Crippen molar-refractivity contribution in [3.8, 4) is 34.4 Å². The summed E-state index contributed by atoms with van der Waals surface area (Å²) in [6, 6.07) is 23.6. The van der Waals surface area contributed by atoms with Crippen LogP contribution in [-0.4, -0.2) is 24.1 Å². The summed E-state index contributed by atoms with van der Waals surface area (Å²) in [5.41, 5.74) is 5.20. The van der Waals surface area contributed by atoms with Gasteiger partial charge in [0.05, 0.1) is 40.1 Å². The van der Waals surface area contributed by atoms with E-state index in [0.29, 0.717) is 27.5 Å². The normalized spacial score (nSPS) is 14.8. The van der Waals surface area contributed by atoms with E-state index in [9.17, 15) is 0 Å². The Kier molecular flexibility index (Phi) is 5.29. The predicted molar refractivity (Wildman–Crippen MR) is 217 cm³/mol. The molecule has 0 aliphatic carbocycles. The van der Waals surface area contributed by atoms with Crippen molar-refractivity contribution in [1.82, 2.24) is 24.1 Å². The molecule has 0 saturated heterocycles. The van der Waals surface area contributed by atoms with Crippen molar-refractivity contribution in [3.63, 3.8) is 0 Å². The number of hydrogen-bond donors (Lipinski definition) is 0. The fourth-order valence-electron chi connectivity index (χ4n) is 7.01. The average molecular weight is 685 g/mol. The zero-order chi connectivity index (χ0) is 43.6. The molecule has 0 unspecified atom stereocenters. The quantitative estimate of drug-likeness (QED) is 0.185. The third-order valence-electron chi connectivity index (χ3n) is 9.74. The molecule has 5 nitrogen and oxygen atoms in total. The van der Waals surface area contributed by atoms with E-state index in [1.807, 2.05) is 53.1 Å². The summed E-state index contributed by atoms with van der Waals surface area (Å²) in [6.45, 7) is 13.0. The first-order valence-corrected chi connectivity index (χ1v) is 17.3. The van der Waals surface area contributed by atoms with Gasteiger partial charge in [0, 0.05) is 32.7 Å². The Hall–Kier alpha value is -6.07. The van der Waals surface area contributed by atoms with Gasteiger partial charge in [-0.3, -0.25) is 4.57 Å². The Morgan fingerprint density at radius 2 is 1.06 bits per heavy atom. The molecular formula is C47H41N5. The van der Waals surface area contributed by atoms with Crippen molar-refractivity contribution in [3.05, 3.63) is 150 Å². The van der Waals surface area contributed by atoms with E-state index in [1.165, 1.54) is 0 Å². The summed E-state index contributed by atoms with van der Waals surface area (Å²) in [5.74, 6) is 0.128. The van der Waals surface area contributed by atoms with Crippen LogP contribution < -0.4 is 0 Å². The summed E-state index contributed by atoms with van der Waals surface area (Å²) in [5, 5.41) is 2.94. The maximum atomic E-state index is 9.11. The lowest BCUT2D eigenvalue weighted by Crippen LogP contribution is -2.11. The van der Waals surface area contributed by atoms with Crippen LogP contribution in [-0.2, 0) is 10.8 Å². The number of nitrogens with zero attached hydrogens (tertiary/aromatic N) is 5. The van der Waals surface area contributed by atoms with Crippen LogP contribution in [0.25, 0.3) is 78.0 Å². The van der Waals surface area contributed by atoms with Crippen LogP contribution >= 0.6 is 0 Å². The molecule has 0 aliphatic heterocycles.